The highest BCUT2D eigenvalue weighted by Gasteiger charge is 2.15. The highest BCUT2D eigenvalue weighted by Crippen LogP contribution is 2.25. The Morgan fingerprint density at radius 2 is 1.80 bits per heavy atom. The van der Waals surface area contributed by atoms with Crippen molar-refractivity contribution in [2.45, 2.75) is 26.3 Å². The molecular weight excluding hydrogens is 246 g/mol. The number of hydrogen-bond donors (Lipinski definition) is 2. The van der Waals surface area contributed by atoms with E-state index in [0.717, 1.165) is 13.0 Å². The third kappa shape index (κ3) is 3.69. The minimum Gasteiger partial charge on any atom is -0.396 e. The van der Waals surface area contributed by atoms with Crippen LogP contribution in [0.5, 0.6) is 0 Å². The molecule has 0 aliphatic rings. The number of aliphatic hydroxyl groups excluding tert-OH is 1. The second-order valence-electron chi connectivity index (χ2n) is 5.24. The lowest BCUT2D eigenvalue weighted by Gasteiger charge is -2.22. The predicted octanol–water partition coefficient (Wildman–Crippen LogP) is 3.36. The molecule has 0 fully saturated rings. The van der Waals surface area contributed by atoms with Crippen molar-refractivity contribution in [1.29, 1.82) is 0 Å². The normalized spacial score (nSPS) is 12.3. The lowest BCUT2D eigenvalue weighted by molar-refractivity contribution is 0.284. The van der Waals surface area contributed by atoms with Crippen LogP contribution >= 0.6 is 0 Å². The summed E-state index contributed by atoms with van der Waals surface area (Å²) in [4.78, 5) is 0. The van der Waals surface area contributed by atoms with Crippen molar-refractivity contribution in [3.05, 3.63) is 70.8 Å². The SMILES string of the molecule is Cc1ccc(C(NCCCO)c2ccccc2)c(C)c1. The summed E-state index contributed by atoms with van der Waals surface area (Å²) >= 11 is 0. The summed E-state index contributed by atoms with van der Waals surface area (Å²) < 4.78 is 0. The molecule has 2 rings (SSSR count). The molecule has 0 saturated carbocycles. The number of hydrogen-bond acceptors (Lipinski definition) is 2. The molecule has 0 radical (unpaired) electrons. The third-order valence-corrected chi connectivity index (χ3v) is 3.55. The van der Waals surface area contributed by atoms with Gasteiger partial charge in [-0.3, -0.25) is 0 Å². The van der Waals surface area contributed by atoms with E-state index in [1.54, 1.807) is 0 Å². The topological polar surface area (TPSA) is 32.3 Å². The second-order valence-corrected chi connectivity index (χ2v) is 5.24. The molecule has 0 aromatic heterocycles. The molecule has 0 spiro atoms. The maximum Gasteiger partial charge on any atom is 0.0579 e. The number of rotatable bonds is 6. The van der Waals surface area contributed by atoms with E-state index < -0.39 is 0 Å². The van der Waals surface area contributed by atoms with Crippen molar-refractivity contribution in [3.63, 3.8) is 0 Å². The lowest BCUT2D eigenvalue weighted by atomic mass is 9.94. The van der Waals surface area contributed by atoms with Gasteiger partial charge in [-0.1, -0.05) is 54.1 Å². The Kier molecular flexibility index (Phi) is 5.33. The van der Waals surface area contributed by atoms with Gasteiger partial charge < -0.3 is 10.4 Å². The molecule has 2 aromatic carbocycles. The molecule has 2 N–H and O–H groups in total. The second kappa shape index (κ2) is 7.22. The minimum absolute atomic E-state index is 0.184. The molecule has 0 aliphatic heterocycles. The molecule has 0 heterocycles. The number of aryl methyl sites for hydroxylation is 2. The Balaban J connectivity index is 2.30. The summed E-state index contributed by atoms with van der Waals surface area (Å²) in [6.45, 7) is 5.31. The van der Waals surface area contributed by atoms with Crippen LogP contribution in [-0.4, -0.2) is 18.3 Å². The minimum atomic E-state index is 0.184. The van der Waals surface area contributed by atoms with Gasteiger partial charge in [0.15, 0.2) is 0 Å². The molecule has 0 bridgehead atoms. The van der Waals surface area contributed by atoms with Crippen molar-refractivity contribution >= 4 is 0 Å². The van der Waals surface area contributed by atoms with Gasteiger partial charge in [0, 0.05) is 6.61 Å². The van der Waals surface area contributed by atoms with Crippen LogP contribution in [0.3, 0.4) is 0 Å². The number of nitrogens with one attached hydrogen (secondary N) is 1. The van der Waals surface area contributed by atoms with Gasteiger partial charge in [0.05, 0.1) is 6.04 Å². The van der Waals surface area contributed by atoms with E-state index in [-0.39, 0.29) is 12.6 Å². The zero-order chi connectivity index (χ0) is 14.4. The first-order valence-corrected chi connectivity index (χ1v) is 7.18. The van der Waals surface area contributed by atoms with Gasteiger partial charge in [0.25, 0.3) is 0 Å². The van der Waals surface area contributed by atoms with E-state index in [4.69, 9.17) is 5.11 Å². The summed E-state index contributed by atoms with van der Waals surface area (Å²) in [6, 6.07) is 17.2. The first kappa shape index (κ1) is 14.8. The van der Waals surface area contributed by atoms with E-state index in [1.807, 2.05) is 6.07 Å². The summed E-state index contributed by atoms with van der Waals surface area (Å²) in [5, 5.41) is 12.5. The Morgan fingerprint density at radius 1 is 1.05 bits per heavy atom. The average molecular weight is 269 g/mol. The van der Waals surface area contributed by atoms with E-state index in [2.05, 4.69) is 61.6 Å². The molecule has 0 saturated heterocycles. The Labute approximate surface area is 121 Å². The maximum absolute atomic E-state index is 8.97. The van der Waals surface area contributed by atoms with Gasteiger partial charge in [0.2, 0.25) is 0 Å². The average Bonchev–Trinajstić information content (AvgIpc) is 2.46. The zero-order valence-electron chi connectivity index (χ0n) is 12.3. The number of benzene rings is 2. The highest BCUT2D eigenvalue weighted by molar-refractivity contribution is 5.38. The summed E-state index contributed by atoms with van der Waals surface area (Å²) in [5.41, 5.74) is 5.15. The molecule has 2 aromatic rings. The first-order valence-electron chi connectivity index (χ1n) is 7.18. The van der Waals surface area contributed by atoms with E-state index in [0.29, 0.717) is 0 Å². The van der Waals surface area contributed by atoms with Crippen molar-refractivity contribution < 1.29 is 5.11 Å². The van der Waals surface area contributed by atoms with Gasteiger partial charge in [-0.2, -0.15) is 0 Å². The van der Waals surface area contributed by atoms with Crippen LogP contribution in [0.25, 0.3) is 0 Å². The standard InChI is InChI=1S/C18H23NO/c1-14-9-10-17(15(2)13-14)18(19-11-6-12-20)16-7-4-3-5-8-16/h3-5,7-10,13,18-20H,6,11-12H2,1-2H3. The van der Waals surface area contributed by atoms with E-state index in [1.165, 1.54) is 22.3 Å². The van der Waals surface area contributed by atoms with Crippen LogP contribution in [0.4, 0.5) is 0 Å². The van der Waals surface area contributed by atoms with Gasteiger partial charge in [-0.25, -0.2) is 0 Å². The monoisotopic (exact) mass is 269 g/mol. The molecule has 1 atom stereocenters. The summed E-state index contributed by atoms with van der Waals surface area (Å²) in [5.74, 6) is 0. The van der Waals surface area contributed by atoms with Crippen LogP contribution in [0.15, 0.2) is 48.5 Å². The fourth-order valence-corrected chi connectivity index (χ4v) is 2.53. The van der Waals surface area contributed by atoms with Crippen molar-refractivity contribution in [1.82, 2.24) is 5.32 Å². The molecule has 20 heavy (non-hydrogen) atoms. The van der Waals surface area contributed by atoms with E-state index in [9.17, 15) is 0 Å². The van der Waals surface area contributed by atoms with Crippen molar-refractivity contribution in [3.8, 4) is 0 Å². The summed E-state index contributed by atoms with van der Waals surface area (Å²) in [6.07, 6.45) is 0.772. The number of aliphatic hydroxyl groups is 1. The van der Waals surface area contributed by atoms with Crippen LogP contribution in [0.1, 0.15) is 34.7 Å². The van der Waals surface area contributed by atoms with Crippen molar-refractivity contribution in [2.24, 2.45) is 0 Å². The van der Waals surface area contributed by atoms with Crippen LogP contribution in [0, 0.1) is 13.8 Å². The fourth-order valence-electron chi connectivity index (χ4n) is 2.53. The molecular formula is C18H23NO. The fraction of sp³-hybridized carbons (Fsp3) is 0.333. The highest BCUT2D eigenvalue weighted by atomic mass is 16.3. The predicted molar refractivity (Wildman–Crippen MR) is 83.9 cm³/mol. The zero-order valence-corrected chi connectivity index (χ0v) is 12.3. The summed E-state index contributed by atoms with van der Waals surface area (Å²) in [7, 11) is 0. The van der Waals surface area contributed by atoms with Crippen LogP contribution in [-0.2, 0) is 0 Å². The molecule has 0 amide bonds. The Morgan fingerprint density at radius 3 is 2.45 bits per heavy atom. The smallest absolute Gasteiger partial charge is 0.0579 e. The van der Waals surface area contributed by atoms with Gasteiger partial charge in [0.1, 0.15) is 0 Å². The van der Waals surface area contributed by atoms with Gasteiger partial charge in [-0.15, -0.1) is 0 Å². The maximum atomic E-state index is 8.97. The largest absolute Gasteiger partial charge is 0.396 e. The third-order valence-electron chi connectivity index (χ3n) is 3.55. The Hall–Kier alpha value is -1.64. The molecule has 1 unspecified atom stereocenters. The molecule has 0 aliphatic carbocycles. The van der Waals surface area contributed by atoms with Crippen LogP contribution < -0.4 is 5.32 Å². The molecule has 106 valence electrons. The first-order chi connectivity index (χ1) is 9.72. The molecule has 2 nitrogen and oxygen atoms in total. The quantitative estimate of drug-likeness (QED) is 0.788. The van der Waals surface area contributed by atoms with E-state index >= 15 is 0 Å². The lowest BCUT2D eigenvalue weighted by Crippen LogP contribution is -2.24. The Bertz CT molecular complexity index is 536. The molecule has 2 heteroatoms. The van der Waals surface area contributed by atoms with Gasteiger partial charge >= 0.3 is 0 Å². The van der Waals surface area contributed by atoms with Gasteiger partial charge in [-0.05, 0) is 43.5 Å². The van der Waals surface area contributed by atoms with Crippen molar-refractivity contribution in [2.75, 3.05) is 13.2 Å². The van der Waals surface area contributed by atoms with Crippen LogP contribution in [0.2, 0.25) is 0 Å².